The Kier molecular flexibility index (Phi) is 3.02. The second-order valence-corrected chi connectivity index (χ2v) is 4.10. The Morgan fingerprint density at radius 2 is 2.35 bits per heavy atom. The van der Waals surface area contributed by atoms with Crippen molar-refractivity contribution in [1.29, 1.82) is 0 Å². The van der Waals surface area contributed by atoms with Crippen molar-refractivity contribution in [3.63, 3.8) is 0 Å². The quantitative estimate of drug-likeness (QED) is 0.877. The van der Waals surface area contributed by atoms with Gasteiger partial charge in [-0.15, -0.1) is 0 Å². The highest BCUT2D eigenvalue weighted by Gasteiger charge is 2.28. The van der Waals surface area contributed by atoms with Gasteiger partial charge >= 0.3 is 5.97 Å². The third kappa shape index (κ3) is 1.86. The number of fused-ring (bicyclic) bond motifs is 1. The Balaban J connectivity index is 2.74. The fourth-order valence-corrected chi connectivity index (χ4v) is 2.16. The van der Waals surface area contributed by atoms with Crippen LogP contribution in [0.15, 0.2) is 6.07 Å². The highest BCUT2D eigenvalue weighted by atomic mass is 35.5. The molecule has 5 nitrogen and oxygen atoms in total. The van der Waals surface area contributed by atoms with Crippen LogP contribution in [-0.2, 0) is 0 Å². The van der Waals surface area contributed by atoms with Crippen molar-refractivity contribution in [3.8, 4) is 11.5 Å². The van der Waals surface area contributed by atoms with Crippen LogP contribution in [0.5, 0.6) is 11.5 Å². The fourth-order valence-electron chi connectivity index (χ4n) is 1.89. The molecule has 0 amide bonds. The first kappa shape index (κ1) is 11.9. The van der Waals surface area contributed by atoms with Gasteiger partial charge in [0.05, 0.1) is 24.4 Å². The maximum atomic E-state index is 11.3. The molecule has 0 saturated heterocycles. The minimum absolute atomic E-state index is 0.0391. The predicted octanol–water partition coefficient (Wildman–Crippen LogP) is 1.88. The van der Waals surface area contributed by atoms with Gasteiger partial charge in [-0.05, 0) is 0 Å². The zero-order valence-corrected chi connectivity index (χ0v) is 10.2. The van der Waals surface area contributed by atoms with E-state index in [1.807, 2.05) is 4.90 Å². The van der Waals surface area contributed by atoms with Gasteiger partial charge in [-0.2, -0.15) is 0 Å². The van der Waals surface area contributed by atoms with Crippen LogP contribution >= 0.6 is 11.6 Å². The summed E-state index contributed by atoms with van der Waals surface area (Å²) in [7, 11) is 3.20. The van der Waals surface area contributed by atoms with E-state index in [0.29, 0.717) is 24.6 Å². The van der Waals surface area contributed by atoms with Gasteiger partial charge in [-0.3, -0.25) is 0 Å². The molecule has 0 unspecified atom stereocenters. The van der Waals surface area contributed by atoms with E-state index in [0.717, 1.165) is 0 Å². The average Bonchev–Trinajstić information content (AvgIpc) is 2.27. The Morgan fingerprint density at radius 3 is 2.94 bits per heavy atom. The molecule has 0 fully saturated rings. The van der Waals surface area contributed by atoms with Crippen molar-refractivity contribution in [2.45, 2.75) is 0 Å². The molecule has 1 aromatic carbocycles. The van der Waals surface area contributed by atoms with Crippen LogP contribution in [0.25, 0.3) is 0 Å². The number of carbonyl (C=O) groups is 1. The number of likely N-dealkylation sites (N-methyl/N-ethyl adjacent to an activating group) is 1. The molecule has 1 heterocycles. The molecule has 0 saturated carbocycles. The van der Waals surface area contributed by atoms with E-state index < -0.39 is 5.97 Å². The van der Waals surface area contributed by atoms with Crippen molar-refractivity contribution >= 4 is 23.3 Å². The third-order valence-corrected chi connectivity index (χ3v) is 2.94. The molecule has 1 N–H and O–H groups in total. The Labute approximate surface area is 103 Å². The SMILES string of the molecule is COc1c(Cl)cc2c(c1C(=O)O)N(C)CCO2. The van der Waals surface area contributed by atoms with Gasteiger partial charge in [0.1, 0.15) is 17.9 Å². The first-order valence-electron chi connectivity index (χ1n) is 5.04. The van der Waals surface area contributed by atoms with E-state index in [1.165, 1.54) is 7.11 Å². The van der Waals surface area contributed by atoms with Gasteiger partial charge in [0.2, 0.25) is 0 Å². The summed E-state index contributed by atoms with van der Waals surface area (Å²) < 4.78 is 10.5. The number of ether oxygens (including phenoxy) is 2. The molecule has 0 radical (unpaired) electrons. The molecule has 1 aliphatic rings. The van der Waals surface area contributed by atoms with Crippen LogP contribution in [0, 0.1) is 0 Å². The number of benzene rings is 1. The van der Waals surface area contributed by atoms with Crippen LogP contribution < -0.4 is 14.4 Å². The van der Waals surface area contributed by atoms with Gasteiger partial charge in [0.15, 0.2) is 5.75 Å². The standard InChI is InChI=1S/C11H12ClNO4/c1-13-3-4-17-7-5-6(12)10(16-2)8(9(7)13)11(14)15/h5H,3-4H2,1-2H3,(H,14,15). The molecular formula is C11H12ClNO4. The molecule has 17 heavy (non-hydrogen) atoms. The third-order valence-electron chi connectivity index (χ3n) is 2.66. The van der Waals surface area contributed by atoms with E-state index >= 15 is 0 Å². The lowest BCUT2D eigenvalue weighted by atomic mass is 10.1. The van der Waals surface area contributed by atoms with Gasteiger partial charge < -0.3 is 19.5 Å². The summed E-state index contributed by atoms with van der Waals surface area (Å²) >= 11 is 5.97. The minimum Gasteiger partial charge on any atom is -0.494 e. The smallest absolute Gasteiger partial charge is 0.341 e. The number of carboxylic acids is 1. The minimum atomic E-state index is -1.09. The molecule has 92 valence electrons. The lowest BCUT2D eigenvalue weighted by molar-refractivity contribution is 0.0693. The number of anilines is 1. The maximum absolute atomic E-state index is 11.3. The number of halogens is 1. The van der Waals surface area contributed by atoms with E-state index in [2.05, 4.69) is 0 Å². The Morgan fingerprint density at radius 1 is 1.65 bits per heavy atom. The second kappa shape index (κ2) is 4.33. The summed E-state index contributed by atoms with van der Waals surface area (Å²) in [4.78, 5) is 13.2. The first-order chi connectivity index (χ1) is 8.06. The number of rotatable bonds is 2. The normalized spacial score (nSPS) is 13.9. The summed E-state index contributed by atoms with van der Waals surface area (Å²) in [6.07, 6.45) is 0. The summed E-state index contributed by atoms with van der Waals surface area (Å²) in [5, 5.41) is 9.51. The van der Waals surface area contributed by atoms with Crippen molar-refractivity contribution in [3.05, 3.63) is 16.7 Å². The summed E-state index contributed by atoms with van der Waals surface area (Å²) in [6.45, 7) is 1.13. The van der Waals surface area contributed by atoms with Crippen LogP contribution in [0.1, 0.15) is 10.4 Å². The summed E-state index contributed by atoms with van der Waals surface area (Å²) in [6, 6.07) is 1.58. The lowest BCUT2D eigenvalue weighted by Crippen LogP contribution is -2.30. The number of carboxylic acid groups (broad SMARTS) is 1. The highest BCUT2D eigenvalue weighted by molar-refractivity contribution is 6.33. The van der Waals surface area contributed by atoms with E-state index in [-0.39, 0.29) is 16.3 Å². The second-order valence-electron chi connectivity index (χ2n) is 3.69. The Bertz CT molecular complexity index is 475. The largest absolute Gasteiger partial charge is 0.494 e. The summed E-state index contributed by atoms with van der Waals surface area (Å²) in [5.74, 6) is -0.449. The van der Waals surface area contributed by atoms with Crippen molar-refractivity contribution in [2.75, 3.05) is 32.2 Å². The van der Waals surface area contributed by atoms with Gasteiger partial charge in [0, 0.05) is 13.1 Å². The maximum Gasteiger partial charge on any atom is 0.341 e. The Hall–Kier alpha value is -1.62. The number of methoxy groups -OCH3 is 1. The topological polar surface area (TPSA) is 59.0 Å². The average molecular weight is 258 g/mol. The van der Waals surface area contributed by atoms with E-state index in [4.69, 9.17) is 21.1 Å². The molecule has 0 bridgehead atoms. The lowest BCUT2D eigenvalue weighted by Gasteiger charge is -2.30. The van der Waals surface area contributed by atoms with Crippen LogP contribution in [0.4, 0.5) is 5.69 Å². The number of hydrogen-bond donors (Lipinski definition) is 1. The van der Waals surface area contributed by atoms with Crippen LogP contribution in [-0.4, -0.2) is 38.4 Å². The van der Waals surface area contributed by atoms with Gasteiger partial charge in [-0.25, -0.2) is 4.79 Å². The van der Waals surface area contributed by atoms with Crippen molar-refractivity contribution < 1.29 is 19.4 Å². The summed E-state index contributed by atoms with van der Waals surface area (Å²) in [5.41, 5.74) is 0.544. The molecule has 0 spiro atoms. The molecule has 1 aliphatic heterocycles. The number of nitrogens with zero attached hydrogens (tertiary/aromatic N) is 1. The monoisotopic (exact) mass is 257 g/mol. The predicted molar refractivity (Wildman–Crippen MR) is 63.7 cm³/mol. The van der Waals surface area contributed by atoms with Crippen LogP contribution in [0.3, 0.4) is 0 Å². The number of aromatic carboxylic acids is 1. The molecular weight excluding hydrogens is 246 g/mol. The molecule has 0 atom stereocenters. The molecule has 2 rings (SSSR count). The molecule has 0 aromatic heterocycles. The van der Waals surface area contributed by atoms with E-state index in [1.54, 1.807) is 13.1 Å². The zero-order valence-electron chi connectivity index (χ0n) is 9.49. The van der Waals surface area contributed by atoms with Crippen molar-refractivity contribution in [1.82, 2.24) is 0 Å². The first-order valence-corrected chi connectivity index (χ1v) is 5.41. The van der Waals surface area contributed by atoms with Crippen LogP contribution in [0.2, 0.25) is 5.02 Å². The van der Waals surface area contributed by atoms with Gasteiger partial charge in [0.25, 0.3) is 0 Å². The fraction of sp³-hybridized carbons (Fsp3) is 0.364. The number of hydrogen-bond acceptors (Lipinski definition) is 4. The van der Waals surface area contributed by atoms with Gasteiger partial charge in [-0.1, -0.05) is 11.6 Å². The molecule has 0 aliphatic carbocycles. The zero-order chi connectivity index (χ0) is 12.6. The molecule has 6 heteroatoms. The van der Waals surface area contributed by atoms with E-state index in [9.17, 15) is 9.90 Å². The highest BCUT2D eigenvalue weighted by Crippen LogP contribution is 2.44. The molecule has 1 aromatic rings. The van der Waals surface area contributed by atoms with Crippen molar-refractivity contribution in [2.24, 2.45) is 0 Å².